The van der Waals surface area contributed by atoms with Gasteiger partial charge in [-0.1, -0.05) is 29.3 Å². The summed E-state index contributed by atoms with van der Waals surface area (Å²) in [4.78, 5) is 15.4. The van der Waals surface area contributed by atoms with E-state index in [-0.39, 0.29) is 5.69 Å². The van der Waals surface area contributed by atoms with Crippen LogP contribution in [0.1, 0.15) is 10.5 Å². The van der Waals surface area contributed by atoms with Crippen LogP contribution in [-0.2, 0) is 0 Å². The first-order valence-corrected chi connectivity index (χ1v) is 6.70. The SMILES string of the molecule is O=C(O)c1nc(Br)sc1-c1ccc(Cl)cc1Cl. The maximum atomic E-state index is 11.0. The van der Waals surface area contributed by atoms with Crippen LogP contribution in [-0.4, -0.2) is 16.1 Å². The van der Waals surface area contributed by atoms with Gasteiger partial charge in [-0.3, -0.25) is 0 Å². The lowest BCUT2D eigenvalue weighted by Crippen LogP contribution is -1.98. The number of carbonyl (C=O) groups is 1. The highest BCUT2D eigenvalue weighted by Gasteiger charge is 2.19. The average molecular weight is 353 g/mol. The second-order valence-electron chi connectivity index (χ2n) is 3.07. The summed E-state index contributed by atoms with van der Waals surface area (Å²) in [5.74, 6) is -1.09. The van der Waals surface area contributed by atoms with E-state index < -0.39 is 5.97 Å². The Labute approximate surface area is 119 Å². The topological polar surface area (TPSA) is 50.2 Å². The van der Waals surface area contributed by atoms with E-state index >= 15 is 0 Å². The predicted octanol–water partition coefficient (Wildman–Crippen LogP) is 4.58. The molecule has 88 valence electrons. The molecule has 0 aliphatic rings. The Morgan fingerprint density at radius 3 is 2.71 bits per heavy atom. The number of benzene rings is 1. The number of halogens is 3. The van der Waals surface area contributed by atoms with Gasteiger partial charge in [0.05, 0.1) is 9.90 Å². The molecule has 0 unspecified atom stereocenters. The Hall–Kier alpha value is -0.620. The largest absolute Gasteiger partial charge is 0.476 e. The van der Waals surface area contributed by atoms with E-state index in [4.69, 9.17) is 28.3 Å². The van der Waals surface area contributed by atoms with Crippen LogP contribution in [0, 0.1) is 0 Å². The molecule has 2 rings (SSSR count). The number of aromatic carboxylic acids is 1. The molecule has 1 heterocycles. The van der Waals surface area contributed by atoms with Crippen molar-refractivity contribution in [3.63, 3.8) is 0 Å². The molecule has 0 bridgehead atoms. The molecule has 0 saturated carbocycles. The normalized spacial score (nSPS) is 10.5. The van der Waals surface area contributed by atoms with Crippen molar-refractivity contribution in [1.29, 1.82) is 0 Å². The van der Waals surface area contributed by atoms with Gasteiger partial charge >= 0.3 is 5.97 Å². The molecular weight excluding hydrogens is 349 g/mol. The number of aromatic nitrogens is 1. The van der Waals surface area contributed by atoms with Gasteiger partial charge in [0.25, 0.3) is 0 Å². The molecule has 2 aromatic rings. The molecule has 0 radical (unpaired) electrons. The van der Waals surface area contributed by atoms with Gasteiger partial charge in [-0.05, 0) is 28.1 Å². The van der Waals surface area contributed by atoms with Crippen molar-refractivity contribution in [2.75, 3.05) is 0 Å². The van der Waals surface area contributed by atoms with Crippen molar-refractivity contribution in [1.82, 2.24) is 4.98 Å². The van der Waals surface area contributed by atoms with Crippen molar-refractivity contribution in [2.45, 2.75) is 0 Å². The number of hydrogen-bond donors (Lipinski definition) is 1. The van der Waals surface area contributed by atoms with E-state index in [1.807, 2.05) is 0 Å². The summed E-state index contributed by atoms with van der Waals surface area (Å²) in [7, 11) is 0. The Bertz CT molecular complexity index is 600. The Morgan fingerprint density at radius 2 is 2.12 bits per heavy atom. The molecule has 0 spiro atoms. The van der Waals surface area contributed by atoms with Gasteiger partial charge in [0, 0.05) is 10.6 Å². The van der Waals surface area contributed by atoms with Crippen LogP contribution in [0.25, 0.3) is 10.4 Å². The molecule has 1 aromatic carbocycles. The van der Waals surface area contributed by atoms with Gasteiger partial charge in [-0.2, -0.15) is 0 Å². The zero-order valence-electron chi connectivity index (χ0n) is 8.08. The van der Waals surface area contributed by atoms with E-state index in [2.05, 4.69) is 20.9 Å². The summed E-state index contributed by atoms with van der Waals surface area (Å²) < 4.78 is 0.496. The van der Waals surface area contributed by atoms with Crippen molar-refractivity contribution >= 4 is 56.4 Å². The quantitative estimate of drug-likeness (QED) is 0.860. The summed E-state index contributed by atoms with van der Waals surface area (Å²) in [6.07, 6.45) is 0. The minimum absolute atomic E-state index is 0.0221. The monoisotopic (exact) mass is 351 g/mol. The number of nitrogens with zero attached hydrogens (tertiary/aromatic N) is 1. The average Bonchev–Trinajstić information content (AvgIpc) is 2.60. The molecule has 1 aromatic heterocycles. The number of thiazole rings is 1. The van der Waals surface area contributed by atoms with Gasteiger partial charge < -0.3 is 5.11 Å². The van der Waals surface area contributed by atoms with Crippen LogP contribution in [0.15, 0.2) is 22.1 Å². The Kier molecular flexibility index (Phi) is 3.73. The highest BCUT2D eigenvalue weighted by molar-refractivity contribution is 9.11. The minimum atomic E-state index is -1.09. The molecule has 17 heavy (non-hydrogen) atoms. The minimum Gasteiger partial charge on any atom is -0.476 e. The van der Waals surface area contributed by atoms with Crippen molar-refractivity contribution in [3.8, 4) is 10.4 Å². The van der Waals surface area contributed by atoms with Crippen molar-refractivity contribution in [3.05, 3.63) is 37.9 Å². The second kappa shape index (κ2) is 4.94. The standard InChI is InChI=1S/C10H4BrCl2NO2S/c11-10-14-7(9(15)16)8(17-10)5-2-1-4(12)3-6(5)13/h1-3H,(H,15,16). The molecule has 0 aliphatic heterocycles. The van der Waals surface area contributed by atoms with E-state index in [9.17, 15) is 4.79 Å². The lowest BCUT2D eigenvalue weighted by Gasteiger charge is -2.02. The molecule has 0 aliphatic carbocycles. The van der Waals surface area contributed by atoms with Crippen LogP contribution in [0.4, 0.5) is 0 Å². The van der Waals surface area contributed by atoms with Gasteiger partial charge in [0.15, 0.2) is 9.61 Å². The molecule has 7 heteroatoms. The fourth-order valence-electron chi connectivity index (χ4n) is 1.30. The van der Waals surface area contributed by atoms with Crippen LogP contribution >= 0.6 is 50.5 Å². The number of carboxylic acid groups (broad SMARTS) is 1. The zero-order chi connectivity index (χ0) is 12.6. The molecule has 0 saturated heterocycles. The van der Waals surface area contributed by atoms with Crippen LogP contribution in [0.5, 0.6) is 0 Å². The third-order valence-electron chi connectivity index (χ3n) is 1.98. The van der Waals surface area contributed by atoms with Gasteiger partial charge in [-0.15, -0.1) is 11.3 Å². The highest BCUT2D eigenvalue weighted by Crippen LogP contribution is 2.38. The summed E-state index contributed by atoms with van der Waals surface area (Å²) in [5.41, 5.74) is 0.586. The first-order chi connectivity index (χ1) is 7.99. The smallest absolute Gasteiger partial charge is 0.356 e. The summed E-state index contributed by atoms with van der Waals surface area (Å²) in [6, 6.07) is 4.90. The molecule has 1 N–H and O–H groups in total. The molecule has 3 nitrogen and oxygen atoms in total. The van der Waals surface area contributed by atoms with Crippen LogP contribution in [0.2, 0.25) is 10.0 Å². The fourth-order valence-corrected chi connectivity index (χ4v) is 3.34. The molecule has 0 atom stereocenters. The van der Waals surface area contributed by atoms with Crippen molar-refractivity contribution < 1.29 is 9.90 Å². The van der Waals surface area contributed by atoms with Gasteiger partial charge in [0.1, 0.15) is 0 Å². The summed E-state index contributed by atoms with van der Waals surface area (Å²) >= 11 is 16.2. The van der Waals surface area contributed by atoms with Gasteiger partial charge in [0.2, 0.25) is 0 Å². The number of carboxylic acids is 1. The summed E-state index contributed by atoms with van der Waals surface area (Å²) in [6.45, 7) is 0. The number of rotatable bonds is 2. The third-order valence-corrected chi connectivity index (χ3v) is 4.07. The second-order valence-corrected chi connectivity index (χ2v) is 6.19. The van der Waals surface area contributed by atoms with Gasteiger partial charge in [-0.25, -0.2) is 9.78 Å². The van der Waals surface area contributed by atoms with E-state index in [0.717, 1.165) is 0 Å². The lowest BCUT2D eigenvalue weighted by atomic mass is 10.1. The van der Waals surface area contributed by atoms with E-state index in [1.165, 1.54) is 11.3 Å². The van der Waals surface area contributed by atoms with Crippen LogP contribution < -0.4 is 0 Å². The zero-order valence-corrected chi connectivity index (χ0v) is 12.0. The highest BCUT2D eigenvalue weighted by atomic mass is 79.9. The first-order valence-electron chi connectivity index (χ1n) is 4.34. The van der Waals surface area contributed by atoms with E-state index in [1.54, 1.807) is 18.2 Å². The maximum absolute atomic E-state index is 11.0. The molecule has 0 fully saturated rings. The Morgan fingerprint density at radius 1 is 1.41 bits per heavy atom. The maximum Gasteiger partial charge on any atom is 0.356 e. The fraction of sp³-hybridized carbons (Fsp3) is 0. The summed E-state index contributed by atoms with van der Waals surface area (Å²) in [5, 5.41) is 9.94. The molecule has 0 amide bonds. The van der Waals surface area contributed by atoms with E-state index in [0.29, 0.717) is 24.4 Å². The first kappa shape index (κ1) is 12.8. The van der Waals surface area contributed by atoms with Crippen LogP contribution in [0.3, 0.4) is 0 Å². The van der Waals surface area contributed by atoms with Crippen molar-refractivity contribution in [2.24, 2.45) is 0 Å². The Balaban J connectivity index is 2.63. The predicted molar refractivity (Wildman–Crippen MR) is 72.2 cm³/mol. The number of hydrogen-bond acceptors (Lipinski definition) is 3. The third kappa shape index (κ3) is 2.63. The lowest BCUT2D eigenvalue weighted by molar-refractivity contribution is 0.0692. The molecular formula is C10H4BrCl2NO2S.